The maximum Gasteiger partial charge on any atom is 0.245 e. The van der Waals surface area contributed by atoms with Crippen LogP contribution in [0.1, 0.15) is 57.4 Å². The van der Waals surface area contributed by atoms with Gasteiger partial charge in [-0.3, -0.25) is 14.3 Å². The van der Waals surface area contributed by atoms with Gasteiger partial charge in [0.25, 0.3) is 0 Å². The van der Waals surface area contributed by atoms with Gasteiger partial charge in [-0.1, -0.05) is 32.1 Å². The highest BCUT2D eigenvalue weighted by atomic mass is 16.2. The minimum absolute atomic E-state index is 0.0306. The number of hydrogen-bond donors (Lipinski definition) is 2. The largest absolute Gasteiger partial charge is 0.356 e. The highest BCUT2D eigenvalue weighted by molar-refractivity contribution is 5.84. The van der Waals surface area contributed by atoms with Crippen LogP contribution in [0.3, 0.4) is 0 Å². The molecule has 2 heterocycles. The monoisotopic (exact) mass is 360 g/mol. The Morgan fingerprint density at radius 3 is 2.73 bits per heavy atom. The standard InChI is InChI=1S/C19H28N4O3/c24-13-16(12-15-7-9-20-18(15)25)22-19(26)17(23-10-4-8-21-23)11-14-5-2-1-3-6-14/h4,8,10,13-17H,1-3,5-7,9,11-12H2,(H,20,25)(H,22,26)/t15-,16-,17-/m0/s1. The van der Waals surface area contributed by atoms with Crippen molar-refractivity contribution >= 4 is 18.1 Å². The Hall–Kier alpha value is -2.18. The van der Waals surface area contributed by atoms with Crippen molar-refractivity contribution in [2.75, 3.05) is 6.54 Å². The fourth-order valence-electron chi connectivity index (χ4n) is 4.14. The average molecular weight is 360 g/mol. The lowest BCUT2D eigenvalue weighted by Crippen LogP contribution is -2.43. The molecule has 1 aromatic rings. The Kier molecular flexibility index (Phi) is 6.41. The molecule has 1 aromatic heterocycles. The predicted molar refractivity (Wildman–Crippen MR) is 96.2 cm³/mol. The van der Waals surface area contributed by atoms with E-state index in [2.05, 4.69) is 15.7 Å². The van der Waals surface area contributed by atoms with E-state index in [4.69, 9.17) is 0 Å². The van der Waals surface area contributed by atoms with Crippen LogP contribution in [0, 0.1) is 11.8 Å². The third-order valence-corrected chi connectivity index (χ3v) is 5.62. The first kappa shape index (κ1) is 18.6. The first-order valence-corrected chi connectivity index (χ1v) is 9.70. The van der Waals surface area contributed by atoms with Crippen LogP contribution >= 0.6 is 0 Å². The maximum absolute atomic E-state index is 12.9. The highest BCUT2D eigenvalue weighted by Gasteiger charge is 2.31. The molecule has 3 rings (SSSR count). The number of hydrogen-bond acceptors (Lipinski definition) is 4. The molecule has 26 heavy (non-hydrogen) atoms. The highest BCUT2D eigenvalue weighted by Crippen LogP contribution is 2.31. The van der Waals surface area contributed by atoms with E-state index in [1.807, 2.05) is 0 Å². The number of nitrogens with one attached hydrogen (secondary N) is 2. The van der Waals surface area contributed by atoms with E-state index in [-0.39, 0.29) is 17.7 Å². The number of rotatable bonds is 8. The van der Waals surface area contributed by atoms with Crippen molar-refractivity contribution in [3.63, 3.8) is 0 Å². The summed E-state index contributed by atoms with van der Waals surface area (Å²) in [6.07, 6.45) is 12.0. The van der Waals surface area contributed by atoms with Gasteiger partial charge < -0.3 is 15.4 Å². The van der Waals surface area contributed by atoms with E-state index in [1.54, 1.807) is 23.1 Å². The number of aromatic nitrogens is 2. The minimum atomic E-state index is -0.638. The number of amides is 2. The van der Waals surface area contributed by atoms with Crippen molar-refractivity contribution in [3.05, 3.63) is 18.5 Å². The van der Waals surface area contributed by atoms with Crippen LogP contribution in [0.4, 0.5) is 0 Å². The average Bonchev–Trinajstić information content (AvgIpc) is 3.32. The molecule has 142 valence electrons. The molecule has 2 N–H and O–H groups in total. The quantitative estimate of drug-likeness (QED) is 0.689. The summed E-state index contributed by atoms with van der Waals surface area (Å²) in [5.74, 6) is 0.0951. The number of aldehydes is 1. The van der Waals surface area contributed by atoms with Crippen LogP contribution in [-0.4, -0.2) is 40.5 Å². The van der Waals surface area contributed by atoms with Crippen LogP contribution in [0.5, 0.6) is 0 Å². The van der Waals surface area contributed by atoms with E-state index in [1.165, 1.54) is 19.3 Å². The van der Waals surface area contributed by atoms with E-state index < -0.39 is 12.1 Å². The third-order valence-electron chi connectivity index (χ3n) is 5.62. The van der Waals surface area contributed by atoms with Gasteiger partial charge in [0.1, 0.15) is 12.3 Å². The van der Waals surface area contributed by atoms with Crippen LogP contribution in [-0.2, 0) is 14.4 Å². The van der Waals surface area contributed by atoms with E-state index in [0.29, 0.717) is 25.3 Å². The van der Waals surface area contributed by atoms with Gasteiger partial charge in [0.15, 0.2) is 0 Å². The fourth-order valence-corrected chi connectivity index (χ4v) is 4.14. The molecular weight excluding hydrogens is 332 g/mol. The molecule has 2 aliphatic rings. The second-order valence-corrected chi connectivity index (χ2v) is 7.51. The normalized spacial score (nSPS) is 23.2. The topological polar surface area (TPSA) is 93.1 Å². The zero-order valence-corrected chi connectivity index (χ0v) is 15.1. The second-order valence-electron chi connectivity index (χ2n) is 7.51. The Balaban J connectivity index is 1.63. The molecule has 1 saturated heterocycles. The number of carbonyl (C=O) groups is 3. The van der Waals surface area contributed by atoms with E-state index in [0.717, 1.165) is 25.5 Å². The van der Waals surface area contributed by atoms with Gasteiger partial charge in [-0.2, -0.15) is 5.10 Å². The fraction of sp³-hybridized carbons (Fsp3) is 0.684. The summed E-state index contributed by atoms with van der Waals surface area (Å²) in [4.78, 5) is 36.1. The Bertz CT molecular complexity index is 610. The molecule has 1 aliphatic carbocycles. The molecule has 0 bridgehead atoms. The number of nitrogens with zero attached hydrogens (tertiary/aromatic N) is 2. The van der Waals surface area contributed by atoms with E-state index in [9.17, 15) is 14.4 Å². The minimum Gasteiger partial charge on any atom is -0.356 e. The Morgan fingerprint density at radius 2 is 2.12 bits per heavy atom. The molecule has 3 atom stereocenters. The molecule has 0 aromatic carbocycles. The van der Waals surface area contributed by atoms with Gasteiger partial charge in [-0.15, -0.1) is 0 Å². The predicted octanol–water partition coefficient (Wildman–Crippen LogP) is 1.60. The zero-order chi connectivity index (χ0) is 18.4. The van der Waals surface area contributed by atoms with Gasteiger partial charge >= 0.3 is 0 Å². The van der Waals surface area contributed by atoms with E-state index >= 15 is 0 Å². The lowest BCUT2D eigenvalue weighted by molar-refractivity contribution is -0.129. The molecule has 7 nitrogen and oxygen atoms in total. The summed E-state index contributed by atoms with van der Waals surface area (Å²) in [5, 5.41) is 9.87. The van der Waals surface area contributed by atoms with Crippen LogP contribution in [0.15, 0.2) is 18.5 Å². The molecule has 0 spiro atoms. The third kappa shape index (κ3) is 4.71. The Labute approximate surface area is 153 Å². The molecule has 0 unspecified atom stereocenters. The van der Waals surface area contributed by atoms with Gasteiger partial charge in [0, 0.05) is 24.9 Å². The van der Waals surface area contributed by atoms with Crippen molar-refractivity contribution in [2.24, 2.45) is 11.8 Å². The molecule has 2 fully saturated rings. The summed E-state index contributed by atoms with van der Waals surface area (Å²) >= 11 is 0. The van der Waals surface area contributed by atoms with Gasteiger partial charge in [0.05, 0.1) is 6.04 Å². The van der Waals surface area contributed by atoms with Crippen LogP contribution in [0.2, 0.25) is 0 Å². The maximum atomic E-state index is 12.9. The molecule has 7 heteroatoms. The summed E-state index contributed by atoms with van der Waals surface area (Å²) in [6, 6.07) is 0.759. The van der Waals surface area contributed by atoms with Gasteiger partial charge in [-0.25, -0.2) is 0 Å². The number of carbonyl (C=O) groups excluding carboxylic acids is 3. The summed E-state index contributed by atoms with van der Waals surface area (Å²) < 4.78 is 1.69. The Morgan fingerprint density at radius 1 is 1.31 bits per heavy atom. The van der Waals surface area contributed by atoms with Crippen molar-refractivity contribution < 1.29 is 14.4 Å². The molecule has 2 amide bonds. The van der Waals surface area contributed by atoms with Crippen molar-refractivity contribution in [3.8, 4) is 0 Å². The van der Waals surface area contributed by atoms with Crippen molar-refractivity contribution in [1.82, 2.24) is 20.4 Å². The second kappa shape index (κ2) is 8.96. The molecule has 1 aliphatic heterocycles. The van der Waals surface area contributed by atoms with Crippen molar-refractivity contribution in [1.29, 1.82) is 0 Å². The van der Waals surface area contributed by atoms with Gasteiger partial charge in [0.2, 0.25) is 11.8 Å². The first-order chi connectivity index (χ1) is 12.7. The summed E-state index contributed by atoms with van der Waals surface area (Å²) in [6.45, 7) is 0.639. The smallest absolute Gasteiger partial charge is 0.245 e. The summed E-state index contributed by atoms with van der Waals surface area (Å²) in [7, 11) is 0. The zero-order valence-electron chi connectivity index (χ0n) is 15.1. The first-order valence-electron chi connectivity index (χ1n) is 9.70. The van der Waals surface area contributed by atoms with Crippen LogP contribution < -0.4 is 10.6 Å². The van der Waals surface area contributed by atoms with Crippen LogP contribution in [0.25, 0.3) is 0 Å². The lowest BCUT2D eigenvalue weighted by Gasteiger charge is -2.27. The van der Waals surface area contributed by atoms with Gasteiger partial charge in [-0.05, 0) is 31.2 Å². The molecular formula is C19H28N4O3. The van der Waals surface area contributed by atoms with Crippen molar-refractivity contribution in [2.45, 2.75) is 63.5 Å². The molecule has 1 saturated carbocycles. The summed E-state index contributed by atoms with van der Waals surface area (Å²) in [5.41, 5.74) is 0. The molecule has 0 radical (unpaired) electrons. The lowest BCUT2D eigenvalue weighted by atomic mass is 9.84. The SMILES string of the molecule is O=C[C@H](C[C@@H]1CCNC1=O)NC(=O)[C@H](CC1CCCCC1)n1cccn1.